The molecule has 2 rings (SSSR count). The van der Waals surface area contributed by atoms with Crippen molar-refractivity contribution in [3.05, 3.63) is 35.2 Å². The summed E-state index contributed by atoms with van der Waals surface area (Å²) >= 11 is 0. The molecule has 1 saturated carbocycles. The molecule has 0 spiro atoms. The smallest absolute Gasteiger partial charge is 0.417 e. The van der Waals surface area contributed by atoms with Crippen LogP contribution in [0.4, 0.5) is 18.0 Å². The highest BCUT2D eigenvalue weighted by atomic mass is 19.4. The average Bonchev–Trinajstić information content (AvgIpc) is 2.75. The molecule has 0 bridgehead atoms. The summed E-state index contributed by atoms with van der Waals surface area (Å²) in [4.78, 5) is 14.3. The van der Waals surface area contributed by atoms with Crippen LogP contribution in [0.2, 0.25) is 0 Å². The van der Waals surface area contributed by atoms with Crippen LogP contribution in [-0.2, 0) is 6.18 Å². The molecule has 1 aromatic rings. The zero-order valence-electron chi connectivity index (χ0n) is 10.4. The van der Waals surface area contributed by atoms with Crippen LogP contribution in [-0.4, -0.2) is 17.1 Å². The lowest BCUT2D eigenvalue weighted by Gasteiger charge is -2.16. The second kappa shape index (κ2) is 5.52. The maximum atomic E-state index is 12.4. The third kappa shape index (κ3) is 3.49. The van der Waals surface area contributed by atoms with E-state index in [1.54, 1.807) is 6.08 Å². The molecule has 0 saturated heterocycles. The second-order valence-electron chi connectivity index (χ2n) is 4.57. The van der Waals surface area contributed by atoms with E-state index < -0.39 is 17.8 Å². The number of halogens is 3. The lowest BCUT2D eigenvalue weighted by molar-refractivity contribution is -0.251. The second-order valence-corrected chi connectivity index (χ2v) is 4.57. The minimum absolute atomic E-state index is 0.343. The molecule has 1 aliphatic rings. The van der Waals surface area contributed by atoms with Crippen molar-refractivity contribution in [2.24, 2.45) is 0 Å². The van der Waals surface area contributed by atoms with Crippen LogP contribution in [0.5, 0.6) is 0 Å². The topological polar surface area (TPSA) is 65.0 Å². The van der Waals surface area contributed by atoms with Gasteiger partial charge in [0.15, 0.2) is 0 Å². The summed E-state index contributed by atoms with van der Waals surface area (Å²) in [6.07, 6.45) is -1.23. The maximum Gasteiger partial charge on any atom is 0.417 e. The standard InChI is InChI=1S/C13H13F3N2O2/c14-13(15,16)9-4-5-10(17-7-9)6-8-2-1-3-11(8)18-12(19)20/h4-7,11,18H,1-3H2,(H,19,20)/p-1. The molecule has 1 fully saturated rings. The number of amides is 1. The molecular weight excluding hydrogens is 273 g/mol. The molecule has 0 aliphatic heterocycles. The van der Waals surface area contributed by atoms with E-state index in [4.69, 9.17) is 0 Å². The van der Waals surface area contributed by atoms with Gasteiger partial charge in [-0.05, 0) is 43.0 Å². The molecule has 1 aliphatic carbocycles. The lowest BCUT2D eigenvalue weighted by atomic mass is 10.1. The first-order valence-electron chi connectivity index (χ1n) is 6.07. The van der Waals surface area contributed by atoms with Gasteiger partial charge in [-0.1, -0.05) is 0 Å². The summed E-state index contributed by atoms with van der Waals surface area (Å²) in [6.45, 7) is 0. The number of carboxylic acid groups (broad SMARTS) is 1. The number of carbonyl (C=O) groups excluding carboxylic acids is 1. The number of hydrogen-bond donors (Lipinski definition) is 1. The average molecular weight is 285 g/mol. The van der Waals surface area contributed by atoms with Crippen molar-refractivity contribution in [3.63, 3.8) is 0 Å². The fourth-order valence-corrected chi connectivity index (χ4v) is 2.20. The van der Waals surface area contributed by atoms with E-state index in [-0.39, 0.29) is 6.04 Å². The van der Waals surface area contributed by atoms with Crippen LogP contribution in [0, 0.1) is 0 Å². The van der Waals surface area contributed by atoms with Crippen molar-refractivity contribution >= 4 is 12.2 Å². The number of nitrogens with zero attached hydrogens (tertiary/aromatic N) is 1. The Kier molecular flexibility index (Phi) is 3.96. The summed E-state index contributed by atoms with van der Waals surface area (Å²) in [7, 11) is 0. The van der Waals surface area contributed by atoms with Crippen LogP contribution in [0.3, 0.4) is 0 Å². The van der Waals surface area contributed by atoms with Gasteiger partial charge in [0, 0.05) is 12.2 Å². The molecule has 1 heterocycles. The van der Waals surface area contributed by atoms with E-state index in [1.807, 2.05) is 0 Å². The van der Waals surface area contributed by atoms with E-state index in [0.29, 0.717) is 18.5 Å². The summed E-state index contributed by atoms with van der Waals surface area (Å²) < 4.78 is 37.2. The van der Waals surface area contributed by atoms with Crippen LogP contribution in [0.1, 0.15) is 30.5 Å². The van der Waals surface area contributed by atoms with Gasteiger partial charge in [0.05, 0.1) is 11.3 Å². The highest BCUT2D eigenvalue weighted by Crippen LogP contribution is 2.30. The number of nitrogens with one attached hydrogen (secondary N) is 1. The van der Waals surface area contributed by atoms with Gasteiger partial charge in [-0.15, -0.1) is 0 Å². The van der Waals surface area contributed by atoms with Crippen molar-refractivity contribution in [1.29, 1.82) is 0 Å². The fourth-order valence-electron chi connectivity index (χ4n) is 2.20. The van der Waals surface area contributed by atoms with Gasteiger partial charge in [-0.3, -0.25) is 4.98 Å². The van der Waals surface area contributed by atoms with Gasteiger partial charge in [0.2, 0.25) is 0 Å². The summed E-state index contributed by atoms with van der Waals surface area (Å²) in [5.41, 5.74) is 0.372. The van der Waals surface area contributed by atoms with Gasteiger partial charge in [0.1, 0.15) is 6.09 Å². The minimum Gasteiger partial charge on any atom is -0.530 e. The molecule has 1 amide bonds. The van der Waals surface area contributed by atoms with Crippen molar-refractivity contribution in [3.8, 4) is 0 Å². The molecule has 20 heavy (non-hydrogen) atoms. The maximum absolute atomic E-state index is 12.4. The van der Waals surface area contributed by atoms with Crippen LogP contribution >= 0.6 is 0 Å². The Labute approximate surface area is 113 Å². The predicted octanol–water partition coefficient (Wildman–Crippen LogP) is 1.97. The number of pyridine rings is 1. The van der Waals surface area contributed by atoms with Gasteiger partial charge in [-0.25, -0.2) is 0 Å². The molecule has 7 heteroatoms. The molecule has 1 aromatic heterocycles. The number of alkyl halides is 3. The lowest BCUT2D eigenvalue weighted by Crippen LogP contribution is -2.42. The van der Waals surface area contributed by atoms with Gasteiger partial charge in [-0.2, -0.15) is 13.2 Å². The molecule has 108 valence electrons. The van der Waals surface area contributed by atoms with Crippen LogP contribution < -0.4 is 10.4 Å². The van der Waals surface area contributed by atoms with Crippen molar-refractivity contribution in [2.45, 2.75) is 31.5 Å². The van der Waals surface area contributed by atoms with Crippen molar-refractivity contribution in [1.82, 2.24) is 10.3 Å². The monoisotopic (exact) mass is 285 g/mol. The zero-order valence-corrected chi connectivity index (χ0v) is 10.4. The fraction of sp³-hybridized carbons (Fsp3) is 0.385. The Morgan fingerprint density at radius 3 is 2.75 bits per heavy atom. The Hall–Kier alpha value is -2.05. The first-order valence-corrected chi connectivity index (χ1v) is 6.07. The predicted molar refractivity (Wildman–Crippen MR) is 63.4 cm³/mol. The van der Waals surface area contributed by atoms with E-state index in [9.17, 15) is 23.1 Å². The van der Waals surface area contributed by atoms with Gasteiger partial charge < -0.3 is 15.2 Å². The normalized spacial score (nSPS) is 21.1. The van der Waals surface area contributed by atoms with Crippen LogP contribution in [0.15, 0.2) is 23.9 Å². The molecule has 1 N–H and O–H groups in total. The Balaban J connectivity index is 2.15. The SMILES string of the molecule is O=C([O-])NC1CCCC1=Cc1ccc(C(F)(F)F)cn1. The Bertz CT molecular complexity index is 523. The highest BCUT2D eigenvalue weighted by molar-refractivity contribution is 5.64. The number of aromatic nitrogens is 1. The third-order valence-corrected chi connectivity index (χ3v) is 3.14. The van der Waals surface area contributed by atoms with E-state index in [1.165, 1.54) is 6.07 Å². The van der Waals surface area contributed by atoms with E-state index >= 15 is 0 Å². The Morgan fingerprint density at radius 1 is 1.45 bits per heavy atom. The van der Waals surface area contributed by atoms with Crippen LogP contribution in [0.25, 0.3) is 6.08 Å². The quantitative estimate of drug-likeness (QED) is 0.903. The summed E-state index contributed by atoms with van der Waals surface area (Å²) in [5, 5.41) is 12.8. The molecule has 1 unspecified atom stereocenters. The molecule has 0 radical (unpaired) electrons. The first-order chi connectivity index (χ1) is 9.36. The van der Waals surface area contributed by atoms with E-state index in [2.05, 4.69) is 10.3 Å². The number of hydrogen-bond acceptors (Lipinski definition) is 3. The molecule has 4 nitrogen and oxygen atoms in total. The minimum atomic E-state index is -4.41. The largest absolute Gasteiger partial charge is 0.530 e. The number of carbonyl (C=O) groups is 1. The Morgan fingerprint density at radius 2 is 2.20 bits per heavy atom. The zero-order chi connectivity index (χ0) is 14.8. The highest BCUT2D eigenvalue weighted by Gasteiger charge is 2.30. The number of rotatable bonds is 2. The molecule has 0 aromatic carbocycles. The van der Waals surface area contributed by atoms with Gasteiger partial charge >= 0.3 is 6.18 Å². The first kappa shape index (κ1) is 14.4. The molecular formula is C13H12F3N2O2-. The molecule has 1 atom stereocenters. The van der Waals surface area contributed by atoms with E-state index in [0.717, 1.165) is 24.3 Å². The van der Waals surface area contributed by atoms with Gasteiger partial charge in [0.25, 0.3) is 0 Å². The van der Waals surface area contributed by atoms with Crippen molar-refractivity contribution in [2.75, 3.05) is 0 Å². The third-order valence-electron chi connectivity index (χ3n) is 3.14. The summed E-state index contributed by atoms with van der Waals surface area (Å²) in [6, 6.07) is 1.88. The summed E-state index contributed by atoms with van der Waals surface area (Å²) in [5.74, 6) is 0. The van der Waals surface area contributed by atoms with Crippen molar-refractivity contribution < 1.29 is 23.1 Å².